The largest absolute Gasteiger partial charge is 0.481 e. The highest BCUT2D eigenvalue weighted by Gasteiger charge is 2.31. The smallest absolute Gasteiger partial charge is 0.309 e. The normalized spacial score (nSPS) is 20.5. The lowest BCUT2D eigenvalue weighted by molar-refractivity contribution is -0.147. The lowest BCUT2D eigenvalue weighted by Crippen LogP contribution is -2.50. The zero-order valence-corrected chi connectivity index (χ0v) is 6.21. The topological polar surface area (TPSA) is 40.5 Å². The van der Waals surface area contributed by atoms with Crippen LogP contribution in [0.5, 0.6) is 0 Å². The highest BCUT2D eigenvalue weighted by atomic mass is 16.4. The minimum absolute atomic E-state index is 0.0912. The van der Waals surface area contributed by atoms with Gasteiger partial charge in [0.2, 0.25) is 0 Å². The molecule has 1 fully saturated rings. The molecular weight excluding hydrogens is 130 g/mol. The second-order valence-corrected chi connectivity index (χ2v) is 2.79. The molecule has 1 saturated heterocycles. The quantitative estimate of drug-likeness (QED) is 0.622. The first-order chi connectivity index (χ1) is 4.74. The van der Waals surface area contributed by atoms with Crippen LogP contribution in [0.15, 0.2) is 0 Å². The molecule has 1 heterocycles. The van der Waals surface area contributed by atoms with E-state index in [0.717, 1.165) is 26.1 Å². The van der Waals surface area contributed by atoms with E-state index in [2.05, 4.69) is 11.8 Å². The molecule has 3 heteroatoms. The van der Waals surface area contributed by atoms with Crippen molar-refractivity contribution in [3.05, 3.63) is 0 Å². The first-order valence-electron chi connectivity index (χ1n) is 3.69. The summed E-state index contributed by atoms with van der Waals surface area (Å²) in [4.78, 5) is 12.5. The summed E-state index contributed by atoms with van der Waals surface area (Å²) in [5.41, 5.74) is 0. The molecule has 0 radical (unpaired) electrons. The number of likely N-dealkylation sites (tertiary alicyclic amines) is 1. The third kappa shape index (κ3) is 1.48. The van der Waals surface area contributed by atoms with Gasteiger partial charge in [-0.1, -0.05) is 6.92 Å². The molecule has 1 aliphatic heterocycles. The summed E-state index contributed by atoms with van der Waals surface area (Å²) in [6, 6.07) is 0. The summed E-state index contributed by atoms with van der Waals surface area (Å²) in [7, 11) is 0. The van der Waals surface area contributed by atoms with E-state index in [1.807, 2.05) is 0 Å². The molecule has 3 nitrogen and oxygen atoms in total. The fraction of sp³-hybridized carbons (Fsp3) is 0.857. The van der Waals surface area contributed by atoms with E-state index >= 15 is 0 Å². The Morgan fingerprint density at radius 3 is 2.70 bits per heavy atom. The highest BCUT2D eigenvalue weighted by Crippen LogP contribution is 2.14. The number of nitrogens with zero attached hydrogens (tertiary/aromatic N) is 1. The fourth-order valence-corrected chi connectivity index (χ4v) is 1.22. The van der Waals surface area contributed by atoms with Gasteiger partial charge in [-0.3, -0.25) is 4.79 Å². The van der Waals surface area contributed by atoms with Crippen LogP contribution in [-0.4, -0.2) is 35.6 Å². The number of carbonyl (C=O) groups is 1. The molecule has 1 rings (SSSR count). The summed E-state index contributed by atoms with van der Waals surface area (Å²) in [6.07, 6.45) is 1.12. The summed E-state index contributed by atoms with van der Waals surface area (Å²) in [5.74, 6) is -0.737. The maximum Gasteiger partial charge on any atom is 0.309 e. The molecule has 0 unspecified atom stereocenters. The molecule has 58 valence electrons. The van der Waals surface area contributed by atoms with E-state index in [1.165, 1.54) is 0 Å². The number of rotatable bonds is 3. The van der Waals surface area contributed by atoms with Gasteiger partial charge < -0.3 is 10.0 Å². The Morgan fingerprint density at radius 2 is 2.30 bits per heavy atom. The summed E-state index contributed by atoms with van der Waals surface area (Å²) < 4.78 is 0. The van der Waals surface area contributed by atoms with Gasteiger partial charge in [0.25, 0.3) is 0 Å². The van der Waals surface area contributed by atoms with Gasteiger partial charge in [-0.05, 0) is 13.0 Å². The van der Waals surface area contributed by atoms with Crippen LogP contribution in [-0.2, 0) is 4.79 Å². The van der Waals surface area contributed by atoms with Crippen LogP contribution in [0.25, 0.3) is 0 Å². The summed E-state index contributed by atoms with van der Waals surface area (Å²) in [6.45, 7) is 4.66. The van der Waals surface area contributed by atoms with Gasteiger partial charge in [-0.25, -0.2) is 0 Å². The third-order valence-electron chi connectivity index (χ3n) is 1.85. The molecule has 0 aromatic heterocycles. The molecule has 10 heavy (non-hydrogen) atoms. The maximum atomic E-state index is 10.3. The van der Waals surface area contributed by atoms with Crippen LogP contribution in [0.4, 0.5) is 0 Å². The number of aliphatic carboxylic acids is 1. The van der Waals surface area contributed by atoms with E-state index < -0.39 is 5.97 Å². The van der Waals surface area contributed by atoms with Crippen molar-refractivity contribution in [1.82, 2.24) is 4.90 Å². The first kappa shape index (κ1) is 7.54. The molecule has 0 aromatic carbocycles. The van der Waals surface area contributed by atoms with E-state index in [0.29, 0.717) is 0 Å². The monoisotopic (exact) mass is 143 g/mol. The van der Waals surface area contributed by atoms with Gasteiger partial charge in [0.15, 0.2) is 0 Å². The van der Waals surface area contributed by atoms with Gasteiger partial charge in [0.1, 0.15) is 0 Å². The van der Waals surface area contributed by atoms with Gasteiger partial charge in [-0.15, -0.1) is 0 Å². The predicted molar refractivity (Wildman–Crippen MR) is 37.9 cm³/mol. The van der Waals surface area contributed by atoms with Crippen LogP contribution >= 0.6 is 0 Å². The van der Waals surface area contributed by atoms with Crippen molar-refractivity contribution in [2.24, 2.45) is 5.92 Å². The van der Waals surface area contributed by atoms with Crippen molar-refractivity contribution in [1.29, 1.82) is 0 Å². The third-order valence-corrected chi connectivity index (χ3v) is 1.85. The molecule has 0 amide bonds. The number of carboxylic acid groups (broad SMARTS) is 1. The lowest BCUT2D eigenvalue weighted by atomic mass is 10.0. The molecule has 0 saturated carbocycles. The number of hydrogen-bond donors (Lipinski definition) is 1. The second-order valence-electron chi connectivity index (χ2n) is 2.79. The van der Waals surface area contributed by atoms with Crippen molar-refractivity contribution < 1.29 is 9.90 Å². The Bertz CT molecular complexity index is 130. The van der Waals surface area contributed by atoms with Crippen LogP contribution in [0, 0.1) is 5.92 Å². The fourth-order valence-electron chi connectivity index (χ4n) is 1.22. The first-order valence-corrected chi connectivity index (χ1v) is 3.69. The van der Waals surface area contributed by atoms with Crippen molar-refractivity contribution in [3.63, 3.8) is 0 Å². The Kier molecular flexibility index (Phi) is 2.27. The Balaban J connectivity index is 2.12. The van der Waals surface area contributed by atoms with Gasteiger partial charge >= 0.3 is 5.97 Å². The van der Waals surface area contributed by atoms with Crippen molar-refractivity contribution in [2.45, 2.75) is 13.3 Å². The van der Waals surface area contributed by atoms with Gasteiger partial charge in [0, 0.05) is 13.1 Å². The Hall–Kier alpha value is -0.570. The summed E-state index contributed by atoms with van der Waals surface area (Å²) >= 11 is 0. The molecule has 0 atom stereocenters. The zero-order chi connectivity index (χ0) is 7.56. The Morgan fingerprint density at radius 1 is 1.70 bits per heavy atom. The molecule has 0 bridgehead atoms. The average Bonchev–Trinajstić information content (AvgIpc) is 1.76. The molecular formula is C7H13NO2. The predicted octanol–water partition coefficient (Wildman–Crippen LogP) is 0.413. The van der Waals surface area contributed by atoms with E-state index in [9.17, 15) is 4.79 Å². The Labute approximate surface area is 60.6 Å². The standard InChI is InChI=1S/C7H13NO2/c1-2-3-8-4-6(5-8)7(9)10/h6H,2-5H2,1H3,(H,9,10). The SMILES string of the molecule is CCCN1CC(C(=O)O)C1. The second kappa shape index (κ2) is 3.01. The van der Waals surface area contributed by atoms with Crippen LogP contribution in [0.3, 0.4) is 0 Å². The van der Waals surface area contributed by atoms with E-state index in [-0.39, 0.29) is 5.92 Å². The summed E-state index contributed by atoms with van der Waals surface area (Å²) in [5, 5.41) is 8.49. The minimum atomic E-state index is -0.646. The molecule has 0 spiro atoms. The van der Waals surface area contributed by atoms with Gasteiger partial charge in [-0.2, -0.15) is 0 Å². The van der Waals surface area contributed by atoms with Crippen molar-refractivity contribution >= 4 is 5.97 Å². The molecule has 1 N–H and O–H groups in total. The molecule has 1 aliphatic rings. The van der Waals surface area contributed by atoms with Crippen molar-refractivity contribution in [2.75, 3.05) is 19.6 Å². The zero-order valence-electron chi connectivity index (χ0n) is 6.21. The number of carboxylic acids is 1. The van der Waals surface area contributed by atoms with Crippen LogP contribution < -0.4 is 0 Å². The minimum Gasteiger partial charge on any atom is -0.481 e. The van der Waals surface area contributed by atoms with Crippen LogP contribution in [0.1, 0.15) is 13.3 Å². The molecule has 0 aromatic rings. The van der Waals surface area contributed by atoms with E-state index in [1.54, 1.807) is 0 Å². The lowest BCUT2D eigenvalue weighted by Gasteiger charge is -2.36. The highest BCUT2D eigenvalue weighted by molar-refractivity contribution is 5.71. The number of hydrogen-bond acceptors (Lipinski definition) is 2. The molecule has 0 aliphatic carbocycles. The average molecular weight is 143 g/mol. The maximum absolute atomic E-state index is 10.3. The van der Waals surface area contributed by atoms with E-state index in [4.69, 9.17) is 5.11 Å². The van der Waals surface area contributed by atoms with Crippen LogP contribution in [0.2, 0.25) is 0 Å². The van der Waals surface area contributed by atoms with Crippen molar-refractivity contribution in [3.8, 4) is 0 Å². The van der Waals surface area contributed by atoms with Gasteiger partial charge in [0.05, 0.1) is 5.92 Å².